The highest BCUT2D eigenvalue weighted by atomic mass is 19.1. The lowest BCUT2D eigenvalue weighted by Crippen LogP contribution is -2.17. The molecule has 23 heavy (non-hydrogen) atoms. The van der Waals surface area contributed by atoms with Crippen molar-refractivity contribution >= 4 is 11.6 Å². The normalized spacial score (nSPS) is 9.78. The number of nitriles is 1. The van der Waals surface area contributed by atoms with E-state index in [4.69, 9.17) is 10.00 Å². The van der Waals surface area contributed by atoms with Crippen LogP contribution < -0.4 is 10.1 Å². The van der Waals surface area contributed by atoms with E-state index in [-0.39, 0.29) is 22.6 Å². The van der Waals surface area contributed by atoms with Crippen LogP contribution in [0.2, 0.25) is 0 Å². The van der Waals surface area contributed by atoms with E-state index in [2.05, 4.69) is 5.32 Å². The molecule has 2 rings (SSSR count). The lowest BCUT2D eigenvalue weighted by Gasteiger charge is -2.09. The van der Waals surface area contributed by atoms with E-state index in [1.807, 2.05) is 0 Å². The van der Waals surface area contributed by atoms with E-state index in [9.17, 15) is 19.3 Å². The van der Waals surface area contributed by atoms with Crippen LogP contribution in [0.15, 0.2) is 36.4 Å². The molecular weight excluding hydrogens is 305 g/mol. The molecule has 8 heteroatoms. The highest BCUT2D eigenvalue weighted by Gasteiger charge is 2.20. The van der Waals surface area contributed by atoms with E-state index < -0.39 is 22.3 Å². The van der Waals surface area contributed by atoms with Crippen molar-refractivity contribution in [3.05, 3.63) is 63.5 Å². The summed E-state index contributed by atoms with van der Waals surface area (Å²) >= 11 is 0. The summed E-state index contributed by atoms with van der Waals surface area (Å²) in [5.41, 5.74) is -0.761. The molecule has 0 aromatic heterocycles. The van der Waals surface area contributed by atoms with Crippen molar-refractivity contribution in [1.29, 1.82) is 5.26 Å². The zero-order valence-corrected chi connectivity index (χ0v) is 11.9. The molecule has 0 aliphatic rings. The smallest absolute Gasteiger partial charge is 0.312 e. The summed E-state index contributed by atoms with van der Waals surface area (Å²) in [6.07, 6.45) is 0. The molecule has 2 aromatic rings. The van der Waals surface area contributed by atoms with Gasteiger partial charge in [0.2, 0.25) is 5.75 Å². The molecule has 1 amide bonds. The molecule has 0 radical (unpaired) electrons. The fourth-order valence-corrected chi connectivity index (χ4v) is 1.85. The quantitative estimate of drug-likeness (QED) is 0.690. The minimum absolute atomic E-state index is 0.0753. The number of amides is 1. The number of nitro benzene ring substituents is 1. The first-order valence-corrected chi connectivity index (χ1v) is 6.35. The Kier molecular flexibility index (Phi) is 4.52. The number of ether oxygens (including phenoxy) is 1. The van der Waals surface area contributed by atoms with Crippen LogP contribution >= 0.6 is 0 Å². The summed E-state index contributed by atoms with van der Waals surface area (Å²) in [7, 11) is 1.39. The van der Waals surface area contributed by atoms with Gasteiger partial charge in [0.05, 0.1) is 4.92 Å². The van der Waals surface area contributed by atoms with E-state index in [0.29, 0.717) is 0 Å². The van der Waals surface area contributed by atoms with E-state index in [1.165, 1.54) is 31.3 Å². The van der Waals surface area contributed by atoms with Crippen molar-refractivity contribution in [2.75, 3.05) is 7.05 Å². The van der Waals surface area contributed by atoms with Gasteiger partial charge < -0.3 is 10.1 Å². The molecule has 116 valence electrons. The van der Waals surface area contributed by atoms with E-state index in [1.54, 1.807) is 6.07 Å². The average molecular weight is 315 g/mol. The predicted octanol–water partition coefficient (Wildman–Crippen LogP) is 2.76. The van der Waals surface area contributed by atoms with Crippen LogP contribution in [0.3, 0.4) is 0 Å². The summed E-state index contributed by atoms with van der Waals surface area (Å²) < 4.78 is 18.8. The lowest BCUT2D eigenvalue weighted by atomic mass is 10.1. The Labute approximate surface area is 130 Å². The number of hydrogen-bond donors (Lipinski definition) is 1. The summed E-state index contributed by atoms with van der Waals surface area (Å²) in [5.74, 6) is -1.65. The number of halogens is 1. The molecule has 0 fully saturated rings. The van der Waals surface area contributed by atoms with E-state index in [0.717, 1.165) is 12.1 Å². The summed E-state index contributed by atoms with van der Waals surface area (Å²) in [5, 5.41) is 22.4. The Hall–Kier alpha value is -3.47. The van der Waals surface area contributed by atoms with Gasteiger partial charge in [-0.2, -0.15) is 5.26 Å². The zero-order valence-electron chi connectivity index (χ0n) is 11.9. The second kappa shape index (κ2) is 6.53. The first-order chi connectivity index (χ1) is 11.0. The van der Waals surface area contributed by atoms with Gasteiger partial charge in [0.15, 0.2) is 0 Å². The number of nitrogens with one attached hydrogen (secondary N) is 1. The molecule has 2 aromatic carbocycles. The first-order valence-electron chi connectivity index (χ1n) is 6.35. The standard InChI is InChI=1S/C15H10FN3O4/c1-18-15(20)9-5-6-14(12(7-9)19(21)22)23-13-4-2-3-11(16)10(13)8-17/h2-7H,1H3,(H,18,20). The van der Waals surface area contributed by atoms with Crippen LogP contribution in [0.4, 0.5) is 10.1 Å². The largest absolute Gasteiger partial charge is 0.449 e. The van der Waals surface area contributed by atoms with Crippen molar-refractivity contribution in [3.63, 3.8) is 0 Å². The van der Waals surface area contributed by atoms with Gasteiger partial charge in [-0.15, -0.1) is 0 Å². The van der Waals surface area contributed by atoms with Crippen LogP contribution in [-0.4, -0.2) is 17.9 Å². The Morgan fingerprint density at radius 3 is 2.70 bits per heavy atom. The molecule has 0 aliphatic carbocycles. The first kappa shape index (κ1) is 15.9. The van der Waals surface area contributed by atoms with Gasteiger partial charge in [-0.05, 0) is 24.3 Å². The minimum Gasteiger partial charge on any atom is -0.449 e. The number of rotatable bonds is 4. The second-order valence-electron chi connectivity index (χ2n) is 4.35. The van der Waals surface area contributed by atoms with Crippen molar-refractivity contribution in [2.24, 2.45) is 0 Å². The fraction of sp³-hybridized carbons (Fsp3) is 0.0667. The number of carbonyl (C=O) groups is 1. The molecular formula is C15H10FN3O4. The summed E-state index contributed by atoms with van der Waals surface area (Å²) in [4.78, 5) is 22.0. The molecule has 7 nitrogen and oxygen atoms in total. The molecule has 0 spiro atoms. The molecule has 0 unspecified atom stereocenters. The van der Waals surface area contributed by atoms with Crippen LogP contribution in [0.5, 0.6) is 11.5 Å². The lowest BCUT2D eigenvalue weighted by molar-refractivity contribution is -0.385. The van der Waals surface area contributed by atoms with Gasteiger partial charge in [-0.25, -0.2) is 4.39 Å². The molecule has 0 aliphatic heterocycles. The number of benzene rings is 2. The van der Waals surface area contributed by atoms with Gasteiger partial charge in [0.25, 0.3) is 5.91 Å². The van der Waals surface area contributed by atoms with Gasteiger partial charge >= 0.3 is 5.69 Å². The number of nitrogens with zero attached hydrogens (tertiary/aromatic N) is 2. The topological polar surface area (TPSA) is 105 Å². The van der Waals surface area contributed by atoms with Crippen LogP contribution in [-0.2, 0) is 0 Å². The molecule has 0 saturated carbocycles. The molecule has 0 bridgehead atoms. The third-order valence-corrected chi connectivity index (χ3v) is 2.95. The van der Waals surface area contributed by atoms with Gasteiger partial charge in [-0.3, -0.25) is 14.9 Å². The van der Waals surface area contributed by atoms with Crippen molar-refractivity contribution < 1.29 is 18.8 Å². The predicted molar refractivity (Wildman–Crippen MR) is 77.7 cm³/mol. The fourth-order valence-electron chi connectivity index (χ4n) is 1.85. The van der Waals surface area contributed by atoms with Gasteiger partial charge in [-0.1, -0.05) is 6.07 Å². The maximum atomic E-state index is 13.5. The number of carbonyl (C=O) groups excluding carboxylic acids is 1. The summed E-state index contributed by atoms with van der Waals surface area (Å²) in [6, 6.07) is 8.93. The molecule has 0 atom stereocenters. The van der Waals surface area contributed by atoms with Gasteiger partial charge in [0.1, 0.15) is 23.2 Å². The average Bonchev–Trinajstić information content (AvgIpc) is 2.54. The SMILES string of the molecule is CNC(=O)c1ccc(Oc2cccc(F)c2C#N)c([N+](=O)[O-])c1. The van der Waals surface area contributed by atoms with Crippen LogP contribution in [0, 0.1) is 27.3 Å². The number of hydrogen-bond acceptors (Lipinski definition) is 5. The van der Waals surface area contributed by atoms with Crippen LogP contribution in [0.25, 0.3) is 0 Å². The maximum absolute atomic E-state index is 13.5. The monoisotopic (exact) mass is 315 g/mol. The van der Waals surface area contributed by atoms with Crippen molar-refractivity contribution in [2.45, 2.75) is 0 Å². The zero-order chi connectivity index (χ0) is 17.0. The third kappa shape index (κ3) is 3.24. The molecule has 0 saturated heterocycles. The van der Waals surface area contributed by atoms with Crippen LogP contribution in [0.1, 0.15) is 15.9 Å². The van der Waals surface area contributed by atoms with E-state index >= 15 is 0 Å². The Balaban J connectivity index is 2.49. The Morgan fingerprint density at radius 1 is 1.35 bits per heavy atom. The molecule has 1 N–H and O–H groups in total. The molecule has 0 heterocycles. The summed E-state index contributed by atoms with van der Waals surface area (Å²) in [6.45, 7) is 0. The van der Waals surface area contributed by atoms with Gasteiger partial charge in [0, 0.05) is 18.7 Å². The highest BCUT2D eigenvalue weighted by Crippen LogP contribution is 2.34. The number of nitro groups is 1. The maximum Gasteiger partial charge on any atom is 0.312 e. The highest BCUT2D eigenvalue weighted by molar-refractivity contribution is 5.95. The van der Waals surface area contributed by atoms with Crippen molar-refractivity contribution in [1.82, 2.24) is 5.32 Å². The van der Waals surface area contributed by atoms with Crippen molar-refractivity contribution in [3.8, 4) is 17.6 Å². The third-order valence-electron chi connectivity index (χ3n) is 2.95. The Bertz CT molecular complexity index is 830. The Morgan fingerprint density at radius 2 is 2.09 bits per heavy atom. The minimum atomic E-state index is -0.797. The second-order valence-corrected chi connectivity index (χ2v) is 4.35.